The molecule has 1 aromatic heterocycles. The van der Waals surface area contributed by atoms with Crippen molar-refractivity contribution in [3.8, 4) is 0 Å². The summed E-state index contributed by atoms with van der Waals surface area (Å²) in [6.45, 7) is 0.185. The summed E-state index contributed by atoms with van der Waals surface area (Å²) in [7, 11) is 0. The van der Waals surface area contributed by atoms with Gasteiger partial charge in [-0.2, -0.15) is 0 Å². The van der Waals surface area contributed by atoms with E-state index in [1.54, 1.807) is 6.07 Å². The van der Waals surface area contributed by atoms with Crippen molar-refractivity contribution in [3.63, 3.8) is 0 Å². The molecule has 0 spiro atoms. The number of rotatable bonds is 1. The molecule has 0 radical (unpaired) electrons. The van der Waals surface area contributed by atoms with Crippen molar-refractivity contribution in [1.29, 1.82) is 0 Å². The molecule has 1 heterocycles. The third-order valence-electron chi connectivity index (χ3n) is 0.968. The second kappa shape index (κ2) is 2.41. The standard InChI is InChI=1S/C5H7N3O/c6-4-5-7-2-1-3-8(5)9/h1-3H,4,6H2. The largest absolute Gasteiger partial charge is 0.711 e. The van der Waals surface area contributed by atoms with Crippen molar-refractivity contribution in [2.24, 2.45) is 5.73 Å². The highest BCUT2D eigenvalue weighted by Gasteiger charge is 1.98. The SMILES string of the molecule is NCc1nccc[n+]1[O-]. The molecule has 0 saturated heterocycles. The molecule has 0 amide bonds. The van der Waals surface area contributed by atoms with Crippen molar-refractivity contribution in [3.05, 3.63) is 29.5 Å². The lowest BCUT2D eigenvalue weighted by atomic mass is 10.5. The maximum atomic E-state index is 10.6. The lowest BCUT2D eigenvalue weighted by molar-refractivity contribution is -0.617. The van der Waals surface area contributed by atoms with E-state index >= 15 is 0 Å². The molecule has 0 aliphatic rings. The Balaban J connectivity index is 3.01. The van der Waals surface area contributed by atoms with E-state index in [0.717, 1.165) is 0 Å². The fourth-order valence-electron chi connectivity index (χ4n) is 0.531. The summed E-state index contributed by atoms with van der Waals surface area (Å²) < 4.78 is 0.653. The second-order valence-electron chi connectivity index (χ2n) is 1.57. The Morgan fingerprint density at radius 2 is 2.56 bits per heavy atom. The predicted octanol–water partition coefficient (Wildman–Crippen LogP) is -0.826. The van der Waals surface area contributed by atoms with E-state index in [1.165, 1.54) is 12.4 Å². The Bertz CT molecular complexity index is 201. The molecule has 2 N–H and O–H groups in total. The molecular weight excluding hydrogens is 118 g/mol. The van der Waals surface area contributed by atoms with E-state index in [4.69, 9.17) is 5.73 Å². The minimum Gasteiger partial charge on any atom is -0.711 e. The molecule has 0 aliphatic carbocycles. The Labute approximate surface area is 52.5 Å². The molecule has 48 valence electrons. The molecule has 4 heteroatoms. The first-order chi connectivity index (χ1) is 4.34. The van der Waals surface area contributed by atoms with Crippen molar-refractivity contribution >= 4 is 0 Å². The number of nitrogens with zero attached hydrogens (tertiary/aromatic N) is 2. The average Bonchev–Trinajstić information content (AvgIpc) is 1.89. The van der Waals surface area contributed by atoms with Gasteiger partial charge in [-0.3, -0.25) is 0 Å². The maximum absolute atomic E-state index is 10.6. The third kappa shape index (κ3) is 1.14. The molecule has 4 nitrogen and oxygen atoms in total. The summed E-state index contributed by atoms with van der Waals surface area (Å²) in [5, 5.41) is 10.6. The highest BCUT2D eigenvalue weighted by atomic mass is 16.5. The number of nitrogens with two attached hydrogens (primary N) is 1. The van der Waals surface area contributed by atoms with Crippen LogP contribution in [0.15, 0.2) is 18.5 Å². The summed E-state index contributed by atoms with van der Waals surface area (Å²) in [5.41, 5.74) is 5.17. The van der Waals surface area contributed by atoms with Gasteiger partial charge in [0.1, 0.15) is 12.7 Å². The second-order valence-corrected chi connectivity index (χ2v) is 1.57. The van der Waals surface area contributed by atoms with Crippen LogP contribution < -0.4 is 10.5 Å². The fourth-order valence-corrected chi connectivity index (χ4v) is 0.531. The first-order valence-corrected chi connectivity index (χ1v) is 2.57. The minimum atomic E-state index is 0.185. The van der Waals surface area contributed by atoms with E-state index in [1.807, 2.05) is 0 Å². The molecule has 0 unspecified atom stereocenters. The van der Waals surface area contributed by atoms with Crippen molar-refractivity contribution < 1.29 is 4.73 Å². The molecule has 0 fully saturated rings. The monoisotopic (exact) mass is 125 g/mol. The normalized spacial score (nSPS) is 9.44. The maximum Gasteiger partial charge on any atom is 0.314 e. The first-order valence-electron chi connectivity index (χ1n) is 2.57. The first kappa shape index (κ1) is 5.97. The van der Waals surface area contributed by atoms with Gasteiger partial charge in [-0.15, -0.1) is 0 Å². The fraction of sp³-hybridized carbons (Fsp3) is 0.200. The Morgan fingerprint density at radius 3 is 3.00 bits per heavy atom. The molecule has 1 aromatic rings. The van der Waals surface area contributed by atoms with Gasteiger partial charge in [0.2, 0.25) is 0 Å². The topological polar surface area (TPSA) is 65.8 Å². The van der Waals surface area contributed by atoms with Crippen molar-refractivity contribution in [1.82, 2.24) is 4.98 Å². The number of hydrogen-bond acceptors (Lipinski definition) is 3. The van der Waals surface area contributed by atoms with Gasteiger partial charge in [-0.05, 0) is 0 Å². The average molecular weight is 125 g/mol. The molecule has 0 bridgehead atoms. The zero-order valence-electron chi connectivity index (χ0n) is 4.82. The Kier molecular flexibility index (Phi) is 1.60. The van der Waals surface area contributed by atoms with Crippen LogP contribution in [-0.2, 0) is 6.54 Å². The van der Waals surface area contributed by atoms with Crippen LogP contribution in [0.5, 0.6) is 0 Å². The van der Waals surface area contributed by atoms with Crippen molar-refractivity contribution in [2.45, 2.75) is 6.54 Å². The third-order valence-corrected chi connectivity index (χ3v) is 0.968. The zero-order chi connectivity index (χ0) is 6.69. The van der Waals surface area contributed by atoms with E-state index in [2.05, 4.69) is 4.98 Å². The quantitative estimate of drug-likeness (QED) is 0.393. The van der Waals surface area contributed by atoms with Gasteiger partial charge >= 0.3 is 5.82 Å². The zero-order valence-corrected chi connectivity index (χ0v) is 4.82. The van der Waals surface area contributed by atoms with E-state index in [9.17, 15) is 5.21 Å². The summed E-state index contributed by atoms with van der Waals surface area (Å²) >= 11 is 0. The molecule has 0 aromatic carbocycles. The highest BCUT2D eigenvalue weighted by Crippen LogP contribution is 1.79. The van der Waals surface area contributed by atoms with Crippen LogP contribution in [0, 0.1) is 5.21 Å². The van der Waals surface area contributed by atoms with Gasteiger partial charge in [0.25, 0.3) is 0 Å². The molecule has 1 rings (SSSR count). The Hall–Kier alpha value is -1.16. The van der Waals surface area contributed by atoms with Crippen LogP contribution in [0.4, 0.5) is 0 Å². The van der Waals surface area contributed by atoms with Crippen LogP contribution >= 0.6 is 0 Å². The van der Waals surface area contributed by atoms with Crippen LogP contribution in [0.1, 0.15) is 5.82 Å². The predicted molar refractivity (Wildman–Crippen MR) is 31.1 cm³/mol. The number of hydrogen-bond donors (Lipinski definition) is 1. The van der Waals surface area contributed by atoms with E-state index in [0.29, 0.717) is 10.6 Å². The lowest BCUT2D eigenvalue weighted by Crippen LogP contribution is -2.33. The summed E-state index contributed by atoms with van der Waals surface area (Å²) in [6, 6.07) is 1.56. The van der Waals surface area contributed by atoms with Gasteiger partial charge in [0, 0.05) is 6.07 Å². The van der Waals surface area contributed by atoms with Gasteiger partial charge < -0.3 is 10.9 Å². The summed E-state index contributed by atoms with van der Waals surface area (Å²) in [4.78, 5) is 3.72. The minimum absolute atomic E-state index is 0.185. The van der Waals surface area contributed by atoms with Gasteiger partial charge in [0.15, 0.2) is 0 Å². The van der Waals surface area contributed by atoms with Gasteiger partial charge in [-0.25, -0.2) is 4.73 Å². The van der Waals surface area contributed by atoms with Crippen molar-refractivity contribution in [2.75, 3.05) is 0 Å². The Morgan fingerprint density at radius 1 is 1.78 bits per heavy atom. The van der Waals surface area contributed by atoms with Gasteiger partial charge in [-0.1, -0.05) is 4.98 Å². The molecule has 0 aliphatic heterocycles. The molecule has 0 atom stereocenters. The molecular formula is C5H7N3O. The van der Waals surface area contributed by atoms with Crippen LogP contribution in [-0.4, -0.2) is 4.98 Å². The van der Waals surface area contributed by atoms with Gasteiger partial charge in [0.05, 0.1) is 6.20 Å². The van der Waals surface area contributed by atoms with E-state index in [-0.39, 0.29) is 6.54 Å². The summed E-state index contributed by atoms with van der Waals surface area (Å²) in [6.07, 6.45) is 2.91. The van der Waals surface area contributed by atoms with Crippen LogP contribution in [0.2, 0.25) is 0 Å². The number of aromatic nitrogens is 2. The highest BCUT2D eigenvalue weighted by molar-refractivity contribution is 4.78. The summed E-state index contributed by atoms with van der Waals surface area (Å²) in [5.74, 6) is 0.345. The smallest absolute Gasteiger partial charge is 0.314 e. The molecule has 0 saturated carbocycles. The van der Waals surface area contributed by atoms with Crippen LogP contribution in [0.25, 0.3) is 0 Å². The molecule has 9 heavy (non-hydrogen) atoms. The lowest BCUT2D eigenvalue weighted by Gasteiger charge is -2.00. The van der Waals surface area contributed by atoms with E-state index < -0.39 is 0 Å². The van der Waals surface area contributed by atoms with Crippen LogP contribution in [0.3, 0.4) is 0 Å².